The predicted molar refractivity (Wildman–Crippen MR) is 102 cm³/mol. The summed E-state index contributed by atoms with van der Waals surface area (Å²) in [5, 5.41) is 9.16. The quantitative estimate of drug-likeness (QED) is 0.401. The Bertz CT molecular complexity index is 786. The molecule has 0 N–H and O–H groups in total. The molecule has 0 fully saturated rings. The number of ether oxygens (including phenoxy) is 2. The summed E-state index contributed by atoms with van der Waals surface area (Å²) in [4.78, 5) is 15.3. The van der Waals surface area contributed by atoms with Crippen LogP contribution in [0, 0.1) is 11.3 Å². The number of hydrogen-bond acceptors (Lipinski definition) is 5. The van der Waals surface area contributed by atoms with Crippen LogP contribution in [-0.2, 0) is 27.6 Å². The molecule has 1 heterocycles. The molecule has 0 radical (unpaired) electrons. The second-order valence-corrected chi connectivity index (χ2v) is 13.0. The average Bonchev–Trinajstić information content (AvgIpc) is 3.00. The Hall–Kier alpha value is -2.43. The van der Waals surface area contributed by atoms with E-state index in [1.165, 1.54) is 6.92 Å². The summed E-state index contributed by atoms with van der Waals surface area (Å²) in [5.41, 5.74) is 2.14. The molecule has 2 aromatic rings. The Balaban J connectivity index is 2.09. The lowest BCUT2D eigenvalue weighted by Crippen LogP contribution is -2.22. The predicted octanol–water partition coefficient (Wildman–Crippen LogP) is 3.80. The molecule has 26 heavy (non-hydrogen) atoms. The van der Waals surface area contributed by atoms with Gasteiger partial charge >= 0.3 is 5.97 Å². The van der Waals surface area contributed by atoms with Gasteiger partial charge in [0.2, 0.25) is 0 Å². The van der Waals surface area contributed by atoms with Crippen molar-refractivity contribution in [2.45, 2.75) is 45.9 Å². The molecule has 2 rings (SSSR count). The first-order valence-electron chi connectivity index (χ1n) is 8.56. The third-order valence-corrected chi connectivity index (χ3v) is 5.48. The van der Waals surface area contributed by atoms with E-state index in [1.807, 2.05) is 28.8 Å². The van der Waals surface area contributed by atoms with E-state index in [0.29, 0.717) is 24.9 Å². The van der Waals surface area contributed by atoms with Gasteiger partial charge in [-0.25, -0.2) is 4.98 Å². The molecule has 1 aromatic heterocycles. The van der Waals surface area contributed by atoms with E-state index in [9.17, 15) is 4.79 Å². The first-order chi connectivity index (χ1) is 12.3. The van der Waals surface area contributed by atoms with Crippen molar-refractivity contribution >= 4 is 14.0 Å². The van der Waals surface area contributed by atoms with Crippen molar-refractivity contribution < 1.29 is 14.3 Å². The Morgan fingerprint density at radius 2 is 1.96 bits per heavy atom. The largest absolute Gasteiger partial charge is 0.461 e. The molecule has 0 aliphatic carbocycles. The fourth-order valence-corrected chi connectivity index (χ4v) is 3.03. The van der Waals surface area contributed by atoms with Gasteiger partial charge in [0.05, 0.1) is 0 Å². The highest BCUT2D eigenvalue weighted by Crippen LogP contribution is 2.20. The molecule has 0 saturated carbocycles. The van der Waals surface area contributed by atoms with Crippen molar-refractivity contribution in [2.24, 2.45) is 0 Å². The Morgan fingerprint density at radius 1 is 1.27 bits per heavy atom. The van der Waals surface area contributed by atoms with Gasteiger partial charge in [0.1, 0.15) is 25.2 Å². The minimum Gasteiger partial charge on any atom is -0.461 e. The number of imidazole rings is 1. The molecule has 6 nitrogen and oxygen atoms in total. The maximum absolute atomic E-state index is 10.9. The molecule has 0 aliphatic rings. The number of carbonyl (C=O) groups is 1. The number of carbonyl (C=O) groups excluding carboxylic acids is 1. The van der Waals surface area contributed by atoms with E-state index in [2.05, 4.69) is 30.7 Å². The van der Waals surface area contributed by atoms with Crippen LogP contribution in [-0.4, -0.2) is 30.2 Å². The Kier molecular flexibility index (Phi) is 6.72. The average molecular weight is 372 g/mol. The second-order valence-electron chi connectivity index (χ2n) is 7.36. The van der Waals surface area contributed by atoms with Gasteiger partial charge < -0.3 is 14.0 Å². The SMILES string of the molecule is CC(=O)OCc1ccc(-c2nc(C#N)cn2COCC[Si](C)(C)C)cc1. The first kappa shape index (κ1) is 19.9. The van der Waals surface area contributed by atoms with Crippen LogP contribution in [0.1, 0.15) is 18.2 Å². The highest BCUT2D eigenvalue weighted by atomic mass is 28.3. The monoisotopic (exact) mass is 371 g/mol. The second kappa shape index (κ2) is 8.78. The zero-order valence-electron chi connectivity index (χ0n) is 15.8. The molecule has 1 aromatic carbocycles. The molecule has 0 atom stereocenters. The smallest absolute Gasteiger partial charge is 0.302 e. The van der Waals surface area contributed by atoms with Gasteiger partial charge in [-0.15, -0.1) is 0 Å². The highest BCUT2D eigenvalue weighted by molar-refractivity contribution is 6.76. The van der Waals surface area contributed by atoms with Crippen LogP contribution in [0.15, 0.2) is 30.5 Å². The van der Waals surface area contributed by atoms with Crippen molar-refractivity contribution in [3.63, 3.8) is 0 Å². The van der Waals surface area contributed by atoms with Crippen LogP contribution in [0.3, 0.4) is 0 Å². The summed E-state index contributed by atoms with van der Waals surface area (Å²) < 4.78 is 12.6. The normalized spacial score (nSPS) is 11.2. The third-order valence-electron chi connectivity index (χ3n) is 3.77. The van der Waals surface area contributed by atoms with Gasteiger partial charge in [0, 0.05) is 33.4 Å². The molecule has 138 valence electrons. The number of benzene rings is 1. The molecular weight excluding hydrogens is 346 g/mol. The molecule has 0 aliphatic heterocycles. The summed E-state index contributed by atoms with van der Waals surface area (Å²) in [7, 11) is -1.14. The first-order valence-corrected chi connectivity index (χ1v) is 12.3. The molecule has 0 unspecified atom stereocenters. The summed E-state index contributed by atoms with van der Waals surface area (Å²) in [6.07, 6.45) is 1.70. The van der Waals surface area contributed by atoms with Crippen LogP contribution < -0.4 is 0 Å². The maximum Gasteiger partial charge on any atom is 0.302 e. The third kappa shape index (κ3) is 6.13. The van der Waals surface area contributed by atoms with Crippen LogP contribution in [0.5, 0.6) is 0 Å². The molecule has 0 amide bonds. The fourth-order valence-electron chi connectivity index (χ4n) is 2.27. The summed E-state index contributed by atoms with van der Waals surface area (Å²) in [5.74, 6) is 0.382. The number of nitriles is 1. The number of aromatic nitrogens is 2. The van der Waals surface area contributed by atoms with Crippen molar-refractivity contribution in [1.29, 1.82) is 5.26 Å². The number of esters is 1. The lowest BCUT2D eigenvalue weighted by molar-refractivity contribution is -0.142. The van der Waals surface area contributed by atoms with E-state index >= 15 is 0 Å². The maximum atomic E-state index is 10.9. The zero-order valence-corrected chi connectivity index (χ0v) is 16.8. The van der Waals surface area contributed by atoms with Crippen molar-refractivity contribution in [3.05, 3.63) is 41.7 Å². The van der Waals surface area contributed by atoms with Gasteiger partial charge in [0.15, 0.2) is 5.69 Å². The van der Waals surface area contributed by atoms with Crippen molar-refractivity contribution in [3.8, 4) is 17.5 Å². The van der Waals surface area contributed by atoms with Crippen LogP contribution >= 0.6 is 0 Å². The summed E-state index contributed by atoms with van der Waals surface area (Å²) in [6, 6.07) is 10.7. The van der Waals surface area contributed by atoms with Gasteiger partial charge in [-0.2, -0.15) is 5.26 Å². The van der Waals surface area contributed by atoms with Crippen LogP contribution in [0.4, 0.5) is 0 Å². The topological polar surface area (TPSA) is 77.1 Å². The number of rotatable bonds is 8. The van der Waals surface area contributed by atoms with Gasteiger partial charge in [-0.3, -0.25) is 4.79 Å². The van der Waals surface area contributed by atoms with E-state index in [1.54, 1.807) is 6.20 Å². The number of hydrogen-bond donors (Lipinski definition) is 0. The molecule has 0 saturated heterocycles. The molecule has 7 heteroatoms. The minimum atomic E-state index is -1.14. The van der Waals surface area contributed by atoms with E-state index in [4.69, 9.17) is 14.7 Å². The van der Waals surface area contributed by atoms with Gasteiger partial charge in [-0.1, -0.05) is 43.9 Å². The zero-order chi connectivity index (χ0) is 19.2. The van der Waals surface area contributed by atoms with Gasteiger partial charge in [0.25, 0.3) is 0 Å². The van der Waals surface area contributed by atoms with Crippen molar-refractivity contribution in [1.82, 2.24) is 9.55 Å². The summed E-state index contributed by atoms with van der Waals surface area (Å²) >= 11 is 0. The summed E-state index contributed by atoms with van der Waals surface area (Å²) in [6.45, 7) is 9.63. The lowest BCUT2D eigenvalue weighted by Gasteiger charge is -2.16. The van der Waals surface area contributed by atoms with Gasteiger partial charge in [-0.05, 0) is 11.6 Å². The van der Waals surface area contributed by atoms with Crippen LogP contribution in [0.2, 0.25) is 25.7 Å². The standard InChI is InChI=1S/C19H25N3O3Si/c1-15(23)25-13-16-5-7-17(8-6-16)19-21-18(11-20)12-22(19)14-24-9-10-26(2,3)4/h5-8,12H,9-10,13-14H2,1-4H3. The van der Waals surface area contributed by atoms with Crippen molar-refractivity contribution in [2.75, 3.05) is 6.61 Å². The lowest BCUT2D eigenvalue weighted by atomic mass is 10.1. The van der Waals surface area contributed by atoms with E-state index in [0.717, 1.165) is 17.2 Å². The minimum absolute atomic E-state index is 0.243. The van der Waals surface area contributed by atoms with E-state index in [-0.39, 0.29) is 12.6 Å². The molecule has 0 spiro atoms. The van der Waals surface area contributed by atoms with Crippen LogP contribution in [0.25, 0.3) is 11.4 Å². The fraction of sp³-hybridized carbons (Fsp3) is 0.421. The Morgan fingerprint density at radius 3 is 2.54 bits per heavy atom. The van der Waals surface area contributed by atoms with E-state index < -0.39 is 8.07 Å². The Labute approximate surface area is 155 Å². The molecular formula is C19H25N3O3Si. The number of nitrogens with zero attached hydrogens (tertiary/aromatic N) is 3. The molecule has 0 bridgehead atoms. The highest BCUT2D eigenvalue weighted by Gasteiger charge is 2.14.